The standard InChI is InChI=1S/C28H39NO10/c1-26-9-7-16(31)11-15(26)3-4-17-18-8-10-28(38,27(18,2)12-20(32)24(17)26)21(33)14-39-23(35)6-5-22(34)29-19(13-30)25(36)37/h11,17-20,24,30,32,38H,3-10,12-14H2,1-2H3,(H,29,34)(H,36,37)/p-1/t17-,18+,19+,20-,24+,26-,27+,28-/m1/s1. The van der Waals surface area contributed by atoms with Crippen molar-refractivity contribution in [3.8, 4) is 0 Å². The summed E-state index contributed by atoms with van der Waals surface area (Å²) in [5.41, 5.74) is -1.89. The molecule has 3 fully saturated rings. The molecule has 4 aliphatic rings. The molecular weight excluding hydrogens is 510 g/mol. The summed E-state index contributed by atoms with van der Waals surface area (Å²) < 4.78 is 5.06. The molecule has 216 valence electrons. The Balaban J connectivity index is 1.39. The number of rotatable bonds is 9. The minimum atomic E-state index is -1.79. The van der Waals surface area contributed by atoms with E-state index in [1.165, 1.54) is 0 Å². The number of nitrogens with one attached hydrogen (secondary N) is 1. The van der Waals surface area contributed by atoms with E-state index in [0.29, 0.717) is 19.3 Å². The van der Waals surface area contributed by atoms with Gasteiger partial charge in [-0.1, -0.05) is 19.4 Å². The van der Waals surface area contributed by atoms with Gasteiger partial charge < -0.3 is 35.3 Å². The van der Waals surface area contributed by atoms with Crippen LogP contribution in [0.2, 0.25) is 0 Å². The first-order chi connectivity index (χ1) is 18.3. The summed E-state index contributed by atoms with van der Waals surface area (Å²) in [6.45, 7) is 2.41. The van der Waals surface area contributed by atoms with Crippen LogP contribution >= 0.6 is 0 Å². The maximum absolute atomic E-state index is 13.3. The molecule has 0 heterocycles. The average molecular weight is 549 g/mol. The lowest BCUT2D eigenvalue weighted by Crippen LogP contribution is -2.62. The minimum Gasteiger partial charge on any atom is -0.548 e. The minimum absolute atomic E-state index is 0.0153. The molecule has 0 aliphatic heterocycles. The number of hydrogen-bond acceptors (Lipinski definition) is 10. The van der Waals surface area contributed by atoms with Crippen LogP contribution in [-0.4, -0.2) is 75.7 Å². The molecule has 4 rings (SSSR count). The molecule has 0 spiro atoms. The molecule has 11 nitrogen and oxygen atoms in total. The van der Waals surface area contributed by atoms with Crippen LogP contribution in [0.4, 0.5) is 0 Å². The van der Waals surface area contributed by atoms with Crippen molar-refractivity contribution in [1.29, 1.82) is 0 Å². The normalized spacial score (nSPS) is 38.0. The second-order valence-corrected chi connectivity index (χ2v) is 12.2. The second kappa shape index (κ2) is 10.7. The lowest BCUT2D eigenvalue weighted by atomic mass is 9.45. The third-order valence-corrected chi connectivity index (χ3v) is 10.2. The zero-order valence-electron chi connectivity index (χ0n) is 22.4. The van der Waals surface area contributed by atoms with Gasteiger partial charge in [-0.2, -0.15) is 0 Å². The van der Waals surface area contributed by atoms with E-state index in [1.807, 2.05) is 12.2 Å². The van der Waals surface area contributed by atoms with Crippen LogP contribution in [0.1, 0.15) is 71.6 Å². The molecule has 0 saturated heterocycles. The van der Waals surface area contributed by atoms with Crippen molar-refractivity contribution in [2.45, 2.75) is 89.4 Å². The second-order valence-electron chi connectivity index (χ2n) is 12.2. The van der Waals surface area contributed by atoms with Gasteiger partial charge >= 0.3 is 5.97 Å². The number of hydrogen-bond donors (Lipinski definition) is 4. The van der Waals surface area contributed by atoms with Crippen LogP contribution < -0.4 is 10.4 Å². The van der Waals surface area contributed by atoms with Crippen LogP contribution in [0.15, 0.2) is 11.6 Å². The van der Waals surface area contributed by atoms with Crippen LogP contribution in [0.25, 0.3) is 0 Å². The van der Waals surface area contributed by atoms with E-state index in [-0.39, 0.29) is 41.8 Å². The average Bonchev–Trinajstić information content (AvgIpc) is 3.15. The molecule has 39 heavy (non-hydrogen) atoms. The summed E-state index contributed by atoms with van der Waals surface area (Å²) in [6, 6.07) is -1.60. The van der Waals surface area contributed by atoms with Gasteiger partial charge in [-0.3, -0.25) is 19.2 Å². The van der Waals surface area contributed by atoms with Gasteiger partial charge in [0, 0.05) is 18.3 Å². The Bertz CT molecular complexity index is 1090. The van der Waals surface area contributed by atoms with Crippen molar-refractivity contribution < 1.29 is 49.1 Å². The Morgan fingerprint density at radius 2 is 1.87 bits per heavy atom. The number of fused-ring (bicyclic) bond motifs is 5. The van der Waals surface area contributed by atoms with Crippen LogP contribution in [0, 0.1) is 28.6 Å². The number of carbonyl (C=O) groups excluding carboxylic acids is 5. The lowest BCUT2D eigenvalue weighted by Gasteiger charge is -2.60. The summed E-state index contributed by atoms with van der Waals surface area (Å²) in [4.78, 5) is 60.1. The number of amides is 1. The number of aliphatic carboxylic acids is 1. The number of esters is 1. The molecule has 0 aromatic heterocycles. The van der Waals surface area contributed by atoms with Gasteiger partial charge in [-0.15, -0.1) is 0 Å². The van der Waals surface area contributed by atoms with Gasteiger partial charge in [-0.25, -0.2) is 0 Å². The quantitative estimate of drug-likeness (QED) is 0.269. The first kappa shape index (κ1) is 29.4. The highest BCUT2D eigenvalue weighted by molar-refractivity contribution is 5.92. The summed E-state index contributed by atoms with van der Waals surface area (Å²) in [5.74, 6) is -3.86. The summed E-state index contributed by atoms with van der Waals surface area (Å²) in [6.07, 6.45) is 3.80. The predicted octanol–water partition coefficient (Wildman–Crippen LogP) is -0.660. The molecular formula is C28H38NO10-. The number of aliphatic hydroxyl groups excluding tert-OH is 2. The van der Waals surface area contributed by atoms with E-state index in [4.69, 9.17) is 9.84 Å². The van der Waals surface area contributed by atoms with Crippen molar-refractivity contribution in [2.24, 2.45) is 28.6 Å². The number of ketones is 2. The van der Waals surface area contributed by atoms with E-state index >= 15 is 0 Å². The highest BCUT2D eigenvalue weighted by atomic mass is 16.5. The number of carboxylic acid groups (broad SMARTS) is 1. The van der Waals surface area contributed by atoms with E-state index in [0.717, 1.165) is 18.4 Å². The largest absolute Gasteiger partial charge is 0.548 e. The van der Waals surface area contributed by atoms with Gasteiger partial charge in [0.2, 0.25) is 11.7 Å². The molecule has 0 unspecified atom stereocenters. The summed E-state index contributed by atoms with van der Waals surface area (Å²) in [5, 5.41) is 44.9. The van der Waals surface area contributed by atoms with Crippen molar-refractivity contribution in [2.75, 3.05) is 13.2 Å². The fourth-order valence-corrected chi connectivity index (χ4v) is 8.15. The Morgan fingerprint density at radius 1 is 1.15 bits per heavy atom. The Morgan fingerprint density at radius 3 is 2.54 bits per heavy atom. The number of carboxylic acids is 1. The van der Waals surface area contributed by atoms with E-state index < -0.39 is 72.8 Å². The fourth-order valence-electron chi connectivity index (χ4n) is 8.15. The molecule has 11 heteroatoms. The van der Waals surface area contributed by atoms with Crippen LogP contribution in [-0.2, 0) is 28.7 Å². The van der Waals surface area contributed by atoms with Crippen molar-refractivity contribution in [3.05, 3.63) is 11.6 Å². The molecule has 4 aliphatic carbocycles. The third kappa shape index (κ3) is 5.04. The highest BCUT2D eigenvalue weighted by Gasteiger charge is 2.68. The Hall–Kier alpha value is -2.63. The van der Waals surface area contributed by atoms with E-state index in [9.17, 15) is 39.3 Å². The molecule has 0 bridgehead atoms. The zero-order valence-corrected chi connectivity index (χ0v) is 22.4. The summed E-state index contributed by atoms with van der Waals surface area (Å²) in [7, 11) is 0. The van der Waals surface area contributed by atoms with Crippen molar-refractivity contribution in [3.63, 3.8) is 0 Å². The molecule has 8 atom stereocenters. The van der Waals surface area contributed by atoms with Gasteiger partial charge in [0.05, 0.1) is 31.1 Å². The fraction of sp³-hybridized carbons (Fsp3) is 0.750. The lowest BCUT2D eigenvalue weighted by molar-refractivity contribution is -0.309. The topological polar surface area (TPSA) is 190 Å². The van der Waals surface area contributed by atoms with Gasteiger partial charge in [-0.05, 0) is 67.8 Å². The maximum Gasteiger partial charge on any atom is 0.306 e. The van der Waals surface area contributed by atoms with Crippen molar-refractivity contribution in [1.82, 2.24) is 5.32 Å². The third-order valence-electron chi connectivity index (χ3n) is 10.2. The van der Waals surface area contributed by atoms with Crippen LogP contribution in [0.3, 0.4) is 0 Å². The molecule has 0 aromatic rings. The SMILES string of the molecule is C[C@]12C[C@@H](O)[C@@H]3[C@H](CCC4=CC(=O)CC[C@]43C)[C@@H]1CC[C@@]2(O)C(=O)COC(=O)CCC(=O)N[C@@H](CO)C(=O)[O-]. The highest BCUT2D eigenvalue weighted by Crippen LogP contribution is 2.67. The maximum atomic E-state index is 13.3. The van der Waals surface area contributed by atoms with Gasteiger partial charge in [0.15, 0.2) is 12.4 Å². The Kier molecular flexibility index (Phi) is 8.08. The zero-order chi connectivity index (χ0) is 28.8. The van der Waals surface area contributed by atoms with Crippen LogP contribution in [0.5, 0.6) is 0 Å². The van der Waals surface area contributed by atoms with E-state index in [1.54, 1.807) is 6.08 Å². The molecule has 4 N–H and O–H groups in total. The number of carbonyl (C=O) groups is 5. The first-order valence-electron chi connectivity index (χ1n) is 13.7. The number of allylic oxidation sites excluding steroid dienone is 1. The number of Topliss-reactive ketones (excluding diaryl/α,β-unsaturated/α-hetero) is 1. The molecule has 1 amide bonds. The van der Waals surface area contributed by atoms with Gasteiger partial charge in [0.25, 0.3) is 0 Å². The molecule has 3 saturated carbocycles. The molecule has 0 aromatic carbocycles. The smallest absolute Gasteiger partial charge is 0.306 e. The first-order valence-corrected chi connectivity index (χ1v) is 13.7. The monoisotopic (exact) mass is 548 g/mol. The van der Waals surface area contributed by atoms with Gasteiger partial charge in [0.1, 0.15) is 5.60 Å². The number of aliphatic hydroxyl groups is 3. The number of ether oxygens (including phenoxy) is 1. The molecule has 0 radical (unpaired) electrons. The predicted molar refractivity (Wildman–Crippen MR) is 132 cm³/mol. The van der Waals surface area contributed by atoms with E-state index in [2.05, 4.69) is 6.92 Å². The summed E-state index contributed by atoms with van der Waals surface area (Å²) >= 11 is 0. The Labute approximate surface area is 227 Å². The van der Waals surface area contributed by atoms with Crippen molar-refractivity contribution >= 4 is 29.4 Å².